The van der Waals surface area contributed by atoms with Crippen LogP contribution in [0.5, 0.6) is 0 Å². The number of thiocarbonyl (C=S) groups is 1. The summed E-state index contributed by atoms with van der Waals surface area (Å²) in [5, 5.41) is 2.88. The molecule has 0 fully saturated rings. The number of nitrogens with one attached hydrogen (secondary N) is 1. The largest absolute Gasteiger partial charge is 0.389 e. The van der Waals surface area contributed by atoms with E-state index in [2.05, 4.69) is 12.2 Å². The second-order valence-electron chi connectivity index (χ2n) is 3.94. The number of rotatable bonds is 6. The average Bonchev–Trinajstić information content (AvgIpc) is 2.30. The Morgan fingerprint density at radius 3 is 2.53 bits per heavy atom. The fourth-order valence-electron chi connectivity index (χ4n) is 1.44. The van der Waals surface area contributed by atoms with Gasteiger partial charge >= 0.3 is 0 Å². The molecule has 0 aliphatic heterocycles. The minimum Gasteiger partial charge on any atom is -0.389 e. The lowest BCUT2D eigenvalue weighted by Gasteiger charge is -2.05. The summed E-state index contributed by atoms with van der Waals surface area (Å²) in [5.41, 5.74) is 7.30. The van der Waals surface area contributed by atoms with Crippen LogP contribution in [0.25, 0.3) is 0 Å². The molecule has 0 saturated carbocycles. The van der Waals surface area contributed by atoms with Gasteiger partial charge in [-0.05, 0) is 12.0 Å². The highest BCUT2D eigenvalue weighted by atomic mass is 32.1. The molecule has 3 N–H and O–H groups in total. The molecule has 4 heteroatoms. The van der Waals surface area contributed by atoms with Crippen molar-refractivity contribution in [3.8, 4) is 0 Å². The van der Waals surface area contributed by atoms with Crippen molar-refractivity contribution in [1.82, 2.24) is 5.32 Å². The first-order chi connectivity index (χ1) is 8.13. The van der Waals surface area contributed by atoms with E-state index in [0.29, 0.717) is 11.4 Å². The Morgan fingerprint density at radius 1 is 1.35 bits per heavy atom. The van der Waals surface area contributed by atoms with E-state index >= 15 is 0 Å². The van der Waals surface area contributed by atoms with E-state index in [0.717, 1.165) is 30.5 Å². The van der Waals surface area contributed by atoms with Crippen LogP contribution in [0.3, 0.4) is 0 Å². The van der Waals surface area contributed by atoms with E-state index < -0.39 is 0 Å². The Balaban J connectivity index is 2.46. The molecule has 0 heterocycles. The topological polar surface area (TPSA) is 55.1 Å². The summed E-state index contributed by atoms with van der Waals surface area (Å²) in [4.78, 5) is 11.9. The summed E-state index contributed by atoms with van der Waals surface area (Å²) in [5.74, 6) is 0.0570. The fourth-order valence-corrected chi connectivity index (χ4v) is 1.58. The number of hydrogen-bond acceptors (Lipinski definition) is 2. The van der Waals surface area contributed by atoms with Crippen LogP contribution in [-0.2, 0) is 11.2 Å². The summed E-state index contributed by atoms with van der Waals surface area (Å²) in [6.07, 6.45) is 2.51. The van der Waals surface area contributed by atoms with Crippen LogP contribution >= 0.6 is 12.2 Å². The first-order valence-corrected chi connectivity index (χ1v) is 6.19. The SMILES string of the molecule is CCCCNC(=O)Cc1ccc(C(N)=S)cc1. The van der Waals surface area contributed by atoms with Crippen molar-refractivity contribution >= 4 is 23.1 Å². The number of carbonyl (C=O) groups excluding carboxylic acids is 1. The smallest absolute Gasteiger partial charge is 0.224 e. The zero-order valence-corrected chi connectivity index (χ0v) is 10.8. The summed E-state index contributed by atoms with van der Waals surface area (Å²) in [6.45, 7) is 2.85. The number of amides is 1. The van der Waals surface area contributed by atoms with Crippen LogP contribution in [0.2, 0.25) is 0 Å². The molecule has 17 heavy (non-hydrogen) atoms. The molecule has 0 bridgehead atoms. The molecule has 0 atom stereocenters. The number of unbranched alkanes of at least 4 members (excludes halogenated alkanes) is 1. The monoisotopic (exact) mass is 250 g/mol. The number of hydrogen-bond donors (Lipinski definition) is 2. The third kappa shape index (κ3) is 4.95. The lowest BCUT2D eigenvalue weighted by Crippen LogP contribution is -2.25. The highest BCUT2D eigenvalue weighted by Crippen LogP contribution is 2.05. The zero-order valence-electron chi connectivity index (χ0n) is 10.0. The third-order valence-corrected chi connectivity index (χ3v) is 2.69. The molecule has 1 aromatic rings. The minimum absolute atomic E-state index is 0.0570. The first-order valence-electron chi connectivity index (χ1n) is 5.79. The van der Waals surface area contributed by atoms with Crippen LogP contribution in [0, 0.1) is 0 Å². The van der Waals surface area contributed by atoms with Gasteiger partial charge in [0.1, 0.15) is 4.99 Å². The molecule has 1 aromatic carbocycles. The molecule has 1 rings (SSSR count). The fraction of sp³-hybridized carbons (Fsp3) is 0.385. The Labute approximate surface area is 107 Å². The number of benzene rings is 1. The first kappa shape index (κ1) is 13.6. The van der Waals surface area contributed by atoms with Gasteiger partial charge in [0.15, 0.2) is 0 Å². The van der Waals surface area contributed by atoms with E-state index in [-0.39, 0.29) is 5.91 Å². The second-order valence-corrected chi connectivity index (χ2v) is 4.38. The van der Waals surface area contributed by atoms with Gasteiger partial charge in [0.05, 0.1) is 6.42 Å². The van der Waals surface area contributed by atoms with E-state index in [1.54, 1.807) is 0 Å². The van der Waals surface area contributed by atoms with E-state index in [9.17, 15) is 4.79 Å². The van der Waals surface area contributed by atoms with E-state index in [4.69, 9.17) is 18.0 Å². The van der Waals surface area contributed by atoms with Crippen LogP contribution < -0.4 is 11.1 Å². The van der Waals surface area contributed by atoms with Crippen molar-refractivity contribution in [3.05, 3.63) is 35.4 Å². The Kier molecular flexibility index (Phi) is 5.63. The second kappa shape index (κ2) is 7.01. The van der Waals surface area contributed by atoms with Gasteiger partial charge in [0.2, 0.25) is 5.91 Å². The van der Waals surface area contributed by atoms with E-state index in [1.807, 2.05) is 24.3 Å². The van der Waals surface area contributed by atoms with Gasteiger partial charge in [0.25, 0.3) is 0 Å². The maximum Gasteiger partial charge on any atom is 0.224 e. The molecule has 0 unspecified atom stereocenters. The highest BCUT2D eigenvalue weighted by Gasteiger charge is 2.03. The summed E-state index contributed by atoms with van der Waals surface area (Å²) in [7, 11) is 0. The highest BCUT2D eigenvalue weighted by molar-refractivity contribution is 7.80. The van der Waals surface area contributed by atoms with Gasteiger partial charge in [-0.3, -0.25) is 4.79 Å². The lowest BCUT2D eigenvalue weighted by atomic mass is 10.1. The molecule has 3 nitrogen and oxygen atoms in total. The summed E-state index contributed by atoms with van der Waals surface area (Å²) < 4.78 is 0. The zero-order chi connectivity index (χ0) is 12.7. The minimum atomic E-state index is 0.0570. The summed E-state index contributed by atoms with van der Waals surface area (Å²) >= 11 is 4.86. The predicted molar refractivity (Wildman–Crippen MR) is 74.0 cm³/mol. The van der Waals surface area contributed by atoms with Crippen molar-refractivity contribution in [2.24, 2.45) is 5.73 Å². The molecule has 0 aliphatic rings. The van der Waals surface area contributed by atoms with Crippen molar-refractivity contribution in [1.29, 1.82) is 0 Å². The van der Waals surface area contributed by atoms with Crippen LogP contribution in [0.1, 0.15) is 30.9 Å². The van der Waals surface area contributed by atoms with Gasteiger partial charge in [-0.1, -0.05) is 49.8 Å². The number of nitrogens with two attached hydrogens (primary N) is 1. The van der Waals surface area contributed by atoms with Gasteiger partial charge in [-0.25, -0.2) is 0 Å². The van der Waals surface area contributed by atoms with Gasteiger partial charge in [-0.2, -0.15) is 0 Å². The molecule has 92 valence electrons. The van der Waals surface area contributed by atoms with Crippen LogP contribution in [0.15, 0.2) is 24.3 Å². The summed E-state index contributed by atoms with van der Waals surface area (Å²) in [6, 6.07) is 7.45. The Hall–Kier alpha value is -1.42. The standard InChI is InChI=1S/C13H18N2OS/c1-2-3-8-15-12(16)9-10-4-6-11(7-5-10)13(14)17/h4-7H,2-3,8-9H2,1H3,(H2,14,17)(H,15,16). The van der Waals surface area contributed by atoms with Crippen LogP contribution in [0.4, 0.5) is 0 Å². The molecule has 0 aliphatic carbocycles. The number of carbonyl (C=O) groups is 1. The maximum atomic E-state index is 11.5. The van der Waals surface area contributed by atoms with Crippen molar-refractivity contribution in [3.63, 3.8) is 0 Å². The Morgan fingerprint density at radius 2 is 2.00 bits per heavy atom. The van der Waals surface area contributed by atoms with Gasteiger partial charge < -0.3 is 11.1 Å². The molecule has 1 amide bonds. The maximum absolute atomic E-state index is 11.5. The molecule has 0 saturated heterocycles. The van der Waals surface area contributed by atoms with Crippen molar-refractivity contribution in [2.75, 3.05) is 6.54 Å². The van der Waals surface area contributed by atoms with E-state index in [1.165, 1.54) is 0 Å². The third-order valence-electron chi connectivity index (χ3n) is 2.46. The molecule has 0 aromatic heterocycles. The van der Waals surface area contributed by atoms with Gasteiger partial charge in [0, 0.05) is 12.1 Å². The molecular formula is C13H18N2OS. The lowest BCUT2D eigenvalue weighted by molar-refractivity contribution is -0.120. The molecular weight excluding hydrogens is 232 g/mol. The van der Waals surface area contributed by atoms with Gasteiger partial charge in [-0.15, -0.1) is 0 Å². The normalized spacial score (nSPS) is 9.94. The predicted octanol–water partition coefficient (Wildman–Crippen LogP) is 1.78. The molecule has 0 radical (unpaired) electrons. The van der Waals surface area contributed by atoms with Crippen molar-refractivity contribution < 1.29 is 4.79 Å². The van der Waals surface area contributed by atoms with Crippen LogP contribution in [-0.4, -0.2) is 17.4 Å². The Bertz CT molecular complexity index is 387. The average molecular weight is 250 g/mol. The molecule has 0 spiro atoms. The quantitative estimate of drug-likeness (QED) is 0.598. The van der Waals surface area contributed by atoms with Crippen molar-refractivity contribution in [2.45, 2.75) is 26.2 Å².